The highest BCUT2D eigenvalue weighted by Crippen LogP contribution is 2.34. The Kier molecular flexibility index (Phi) is 7.54. The van der Waals surface area contributed by atoms with Gasteiger partial charge >= 0.3 is 6.03 Å². The van der Waals surface area contributed by atoms with Crippen molar-refractivity contribution >= 4 is 29.2 Å². The summed E-state index contributed by atoms with van der Waals surface area (Å²) in [5.74, 6) is 1.06. The lowest BCUT2D eigenvalue weighted by Crippen LogP contribution is -2.52. The van der Waals surface area contributed by atoms with Crippen LogP contribution in [0.3, 0.4) is 0 Å². The van der Waals surface area contributed by atoms with Crippen molar-refractivity contribution in [3.63, 3.8) is 0 Å². The van der Waals surface area contributed by atoms with E-state index in [1.165, 1.54) is 0 Å². The van der Waals surface area contributed by atoms with Crippen molar-refractivity contribution in [2.24, 2.45) is 0 Å². The van der Waals surface area contributed by atoms with Crippen LogP contribution in [-0.4, -0.2) is 48.7 Å². The monoisotopic (exact) mass is 475 g/mol. The minimum atomic E-state index is -0.602. The SMILES string of the molecule is O=C(C[C@H]1CC[C@H](NC(=O)Nc2ccc3c(c2)OCO3)[C@H](CO)O1)NCc1ccc(Cl)cc1. The van der Waals surface area contributed by atoms with Gasteiger partial charge in [0.2, 0.25) is 12.7 Å². The van der Waals surface area contributed by atoms with E-state index in [4.69, 9.17) is 25.8 Å². The van der Waals surface area contributed by atoms with Crippen molar-refractivity contribution in [1.29, 1.82) is 0 Å². The fourth-order valence-corrected chi connectivity index (χ4v) is 3.96. The average molecular weight is 476 g/mol. The van der Waals surface area contributed by atoms with Gasteiger partial charge in [-0.2, -0.15) is 0 Å². The minimum Gasteiger partial charge on any atom is -0.454 e. The van der Waals surface area contributed by atoms with E-state index in [0.717, 1.165) is 5.56 Å². The number of hydrogen-bond acceptors (Lipinski definition) is 6. The van der Waals surface area contributed by atoms with Crippen molar-refractivity contribution < 1.29 is 28.9 Å². The Labute approximate surface area is 196 Å². The number of benzene rings is 2. The first-order valence-electron chi connectivity index (χ1n) is 10.7. The van der Waals surface area contributed by atoms with Crippen LogP contribution in [0.2, 0.25) is 5.02 Å². The molecule has 10 heteroatoms. The van der Waals surface area contributed by atoms with Crippen molar-refractivity contribution in [2.75, 3.05) is 18.7 Å². The highest BCUT2D eigenvalue weighted by Gasteiger charge is 2.33. The highest BCUT2D eigenvalue weighted by molar-refractivity contribution is 6.30. The molecule has 0 aromatic heterocycles. The molecule has 2 aliphatic rings. The smallest absolute Gasteiger partial charge is 0.319 e. The number of carbonyl (C=O) groups is 2. The molecule has 2 heterocycles. The molecule has 33 heavy (non-hydrogen) atoms. The summed E-state index contributed by atoms with van der Waals surface area (Å²) in [5.41, 5.74) is 1.51. The van der Waals surface area contributed by atoms with Gasteiger partial charge in [0.15, 0.2) is 11.5 Å². The lowest BCUT2D eigenvalue weighted by Gasteiger charge is -2.35. The molecule has 2 aliphatic heterocycles. The lowest BCUT2D eigenvalue weighted by molar-refractivity contribution is -0.130. The van der Waals surface area contributed by atoms with E-state index < -0.39 is 12.1 Å². The molecule has 1 saturated heterocycles. The van der Waals surface area contributed by atoms with Gasteiger partial charge in [-0.05, 0) is 42.7 Å². The molecule has 0 bridgehead atoms. The molecule has 9 nitrogen and oxygen atoms in total. The number of halogens is 1. The zero-order valence-electron chi connectivity index (χ0n) is 17.9. The van der Waals surface area contributed by atoms with Crippen LogP contribution in [0.25, 0.3) is 0 Å². The average Bonchev–Trinajstić information content (AvgIpc) is 3.27. The van der Waals surface area contributed by atoms with Crippen LogP contribution in [0, 0.1) is 0 Å². The summed E-state index contributed by atoms with van der Waals surface area (Å²) in [6.07, 6.45) is 0.409. The second-order valence-electron chi connectivity index (χ2n) is 7.94. The maximum absolute atomic E-state index is 12.4. The number of amides is 3. The van der Waals surface area contributed by atoms with E-state index in [2.05, 4.69) is 16.0 Å². The standard InChI is InChI=1S/C23H26ClN3O6/c24-15-3-1-14(2-4-15)11-25-22(29)10-17-6-7-18(21(12-28)33-17)27-23(30)26-16-5-8-19-20(9-16)32-13-31-19/h1-5,8-9,17-18,21,28H,6-7,10-13H2,(H,25,29)(H2,26,27,30)/t17-,18+,21+/m1/s1. The van der Waals surface area contributed by atoms with Gasteiger partial charge in [-0.15, -0.1) is 0 Å². The van der Waals surface area contributed by atoms with E-state index in [0.29, 0.717) is 41.6 Å². The number of ether oxygens (including phenoxy) is 3. The zero-order chi connectivity index (χ0) is 23.2. The predicted molar refractivity (Wildman–Crippen MR) is 121 cm³/mol. The lowest BCUT2D eigenvalue weighted by atomic mass is 9.97. The number of urea groups is 1. The molecule has 2 aromatic carbocycles. The summed E-state index contributed by atoms with van der Waals surface area (Å²) >= 11 is 5.87. The summed E-state index contributed by atoms with van der Waals surface area (Å²) < 4.78 is 16.5. The van der Waals surface area contributed by atoms with Crippen LogP contribution in [-0.2, 0) is 16.1 Å². The molecule has 0 saturated carbocycles. The van der Waals surface area contributed by atoms with Gasteiger partial charge < -0.3 is 35.3 Å². The Balaban J connectivity index is 1.22. The van der Waals surface area contributed by atoms with Crippen molar-refractivity contribution in [3.05, 3.63) is 53.1 Å². The van der Waals surface area contributed by atoms with Crippen LogP contribution in [0.1, 0.15) is 24.8 Å². The predicted octanol–water partition coefficient (Wildman–Crippen LogP) is 2.81. The highest BCUT2D eigenvalue weighted by atomic mass is 35.5. The number of aliphatic hydroxyl groups is 1. The third-order valence-corrected chi connectivity index (χ3v) is 5.81. The number of fused-ring (bicyclic) bond motifs is 1. The molecule has 0 radical (unpaired) electrons. The van der Waals surface area contributed by atoms with Crippen LogP contribution in [0.5, 0.6) is 11.5 Å². The number of nitrogens with one attached hydrogen (secondary N) is 3. The van der Waals surface area contributed by atoms with Crippen LogP contribution in [0.15, 0.2) is 42.5 Å². The Morgan fingerprint density at radius 1 is 1.06 bits per heavy atom. The van der Waals surface area contributed by atoms with Gasteiger partial charge in [0.05, 0.1) is 25.2 Å². The second kappa shape index (κ2) is 10.7. The minimum absolute atomic E-state index is 0.140. The first-order chi connectivity index (χ1) is 16.0. The number of rotatable bonds is 7. The van der Waals surface area contributed by atoms with Crippen molar-refractivity contribution in [1.82, 2.24) is 10.6 Å². The normalized spacial score (nSPS) is 21.3. The van der Waals surface area contributed by atoms with Crippen LogP contribution < -0.4 is 25.4 Å². The van der Waals surface area contributed by atoms with Crippen LogP contribution in [0.4, 0.5) is 10.5 Å². The number of anilines is 1. The van der Waals surface area contributed by atoms with Crippen molar-refractivity contribution in [2.45, 2.75) is 44.1 Å². The zero-order valence-corrected chi connectivity index (χ0v) is 18.6. The second-order valence-corrected chi connectivity index (χ2v) is 8.37. The number of aliphatic hydroxyl groups excluding tert-OH is 1. The Morgan fingerprint density at radius 3 is 2.64 bits per heavy atom. The maximum atomic E-state index is 12.4. The van der Waals surface area contributed by atoms with E-state index in [9.17, 15) is 14.7 Å². The van der Waals surface area contributed by atoms with E-state index in [1.807, 2.05) is 12.1 Å². The van der Waals surface area contributed by atoms with E-state index in [1.54, 1.807) is 30.3 Å². The Bertz CT molecular complexity index is 987. The number of hydrogen-bond donors (Lipinski definition) is 4. The largest absolute Gasteiger partial charge is 0.454 e. The van der Waals surface area contributed by atoms with Crippen LogP contribution >= 0.6 is 11.6 Å². The number of carbonyl (C=O) groups excluding carboxylic acids is 2. The van der Waals surface area contributed by atoms with E-state index >= 15 is 0 Å². The van der Waals surface area contributed by atoms with Gasteiger partial charge in [0.1, 0.15) is 6.10 Å². The first kappa shape index (κ1) is 23.2. The molecule has 4 N–H and O–H groups in total. The van der Waals surface area contributed by atoms with Gasteiger partial charge in [-0.1, -0.05) is 23.7 Å². The molecule has 0 unspecified atom stereocenters. The summed E-state index contributed by atoms with van der Waals surface area (Å²) in [6.45, 7) is 0.289. The third-order valence-electron chi connectivity index (χ3n) is 5.56. The maximum Gasteiger partial charge on any atom is 0.319 e. The molecule has 3 amide bonds. The molecule has 0 aliphatic carbocycles. The molecule has 4 rings (SSSR count). The molecule has 3 atom stereocenters. The van der Waals surface area contributed by atoms with Gasteiger partial charge in [0.25, 0.3) is 0 Å². The summed E-state index contributed by atoms with van der Waals surface area (Å²) in [4.78, 5) is 24.7. The van der Waals surface area contributed by atoms with Gasteiger partial charge in [-0.3, -0.25) is 4.79 Å². The molecule has 2 aromatic rings. The summed E-state index contributed by atoms with van der Waals surface area (Å²) in [5, 5.41) is 18.9. The van der Waals surface area contributed by atoms with Gasteiger partial charge in [-0.25, -0.2) is 4.79 Å². The molecule has 0 spiro atoms. The molecule has 1 fully saturated rings. The topological polar surface area (TPSA) is 118 Å². The fraction of sp³-hybridized carbons (Fsp3) is 0.391. The molecule has 176 valence electrons. The van der Waals surface area contributed by atoms with E-state index in [-0.39, 0.29) is 37.9 Å². The molecular formula is C23H26ClN3O6. The Morgan fingerprint density at radius 2 is 1.85 bits per heavy atom. The molecular weight excluding hydrogens is 450 g/mol. The first-order valence-corrected chi connectivity index (χ1v) is 11.1. The quantitative estimate of drug-likeness (QED) is 0.489. The van der Waals surface area contributed by atoms with Crippen molar-refractivity contribution in [3.8, 4) is 11.5 Å². The Hall–Kier alpha value is -3.01. The summed E-state index contributed by atoms with van der Waals surface area (Å²) in [7, 11) is 0. The summed E-state index contributed by atoms with van der Waals surface area (Å²) in [6, 6.07) is 11.6. The third kappa shape index (κ3) is 6.28. The van der Waals surface area contributed by atoms with Gasteiger partial charge in [0, 0.05) is 23.3 Å². The fourth-order valence-electron chi connectivity index (χ4n) is 3.84.